The van der Waals surface area contributed by atoms with Gasteiger partial charge in [-0.2, -0.15) is 0 Å². The predicted octanol–water partition coefficient (Wildman–Crippen LogP) is 4.58. The summed E-state index contributed by atoms with van der Waals surface area (Å²) in [6.45, 7) is 2.44. The molecule has 0 aliphatic heterocycles. The number of thioether (sulfide) groups is 1. The van der Waals surface area contributed by atoms with E-state index in [2.05, 4.69) is 0 Å². The molecule has 3 nitrogen and oxygen atoms in total. The number of carbonyl (C=O) groups excluding carboxylic acids is 2. The quantitative estimate of drug-likeness (QED) is 0.445. The lowest BCUT2D eigenvalue weighted by Crippen LogP contribution is -2.08. The van der Waals surface area contributed by atoms with Gasteiger partial charge in [0.2, 0.25) is 5.12 Å². The van der Waals surface area contributed by atoms with Crippen LogP contribution in [0, 0.1) is 0 Å². The minimum absolute atomic E-state index is 0.0885. The number of carbonyl (C=O) groups is 2. The van der Waals surface area contributed by atoms with Gasteiger partial charge in [-0.25, -0.2) is 4.79 Å². The van der Waals surface area contributed by atoms with Gasteiger partial charge in [-0.3, -0.25) is 4.79 Å². The lowest BCUT2D eigenvalue weighted by molar-refractivity contribution is 0.0495. The van der Waals surface area contributed by atoms with Gasteiger partial charge < -0.3 is 4.74 Å². The van der Waals surface area contributed by atoms with Crippen LogP contribution in [0.15, 0.2) is 59.5 Å². The Labute approximate surface area is 134 Å². The molecule has 0 bridgehead atoms. The number of unbranched alkanes of at least 4 members (excludes halogenated alkanes) is 1. The molecule has 0 N–H and O–H groups in total. The highest BCUT2D eigenvalue weighted by Gasteiger charge is 2.16. The Balaban J connectivity index is 2.11. The highest BCUT2D eigenvalue weighted by Crippen LogP contribution is 2.26. The monoisotopic (exact) mass is 314 g/mol. The zero-order valence-electron chi connectivity index (χ0n) is 12.5. The van der Waals surface area contributed by atoms with E-state index in [1.54, 1.807) is 30.3 Å². The number of benzene rings is 2. The third-order valence-corrected chi connectivity index (χ3v) is 4.05. The number of esters is 1. The largest absolute Gasteiger partial charge is 0.462 e. The maximum Gasteiger partial charge on any atom is 0.339 e. The molecule has 0 saturated carbocycles. The second kappa shape index (κ2) is 8.39. The Bertz CT molecular complexity index is 638. The summed E-state index contributed by atoms with van der Waals surface area (Å²) in [5, 5.41) is -0.0885. The Hall–Kier alpha value is -2.07. The summed E-state index contributed by atoms with van der Waals surface area (Å²) < 4.78 is 5.23. The Morgan fingerprint density at radius 3 is 2.41 bits per heavy atom. The second-order valence-corrected chi connectivity index (χ2v) is 5.76. The Morgan fingerprint density at radius 2 is 1.68 bits per heavy atom. The van der Waals surface area contributed by atoms with E-state index in [1.807, 2.05) is 31.2 Å². The third-order valence-electron chi connectivity index (χ3n) is 3.05. The Morgan fingerprint density at radius 1 is 1.00 bits per heavy atom. The minimum Gasteiger partial charge on any atom is -0.462 e. The minimum atomic E-state index is -0.377. The molecule has 22 heavy (non-hydrogen) atoms. The van der Waals surface area contributed by atoms with E-state index in [1.165, 1.54) is 0 Å². The van der Waals surface area contributed by atoms with Crippen molar-refractivity contribution in [2.45, 2.75) is 24.7 Å². The molecule has 4 heteroatoms. The van der Waals surface area contributed by atoms with Gasteiger partial charge in [0.15, 0.2) is 0 Å². The molecule has 2 aromatic carbocycles. The molecule has 0 aliphatic carbocycles. The number of hydrogen-bond acceptors (Lipinski definition) is 4. The standard InChI is InChI=1S/C18H18O3S/c1-2-3-13-21-17(19)15-11-7-8-12-16(15)22-18(20)14-9-5-4-6-10-14/h4-12H,2-3,13H2,1H3. The van der Waals surface area contributed by atoms with E-state index in [0.29, 0.717) is 22.6 Å². The van der Waals surface area contributed by atoms with Gasteiger partial charge in [-0.05, 0) is 30.3 Å². The van der Waals surface area contributed by atoms with Crippen LogP contribution in [0.2, 0.25) is 0 Å². The molecule has 114 valence electrons. The van der Waals surface area contributed by atoms with Crippen LogP contribution < -0.4 is 0 Å². The normalized spacial score (nSPS) is 10.2. The van der Waals surface area contributed by atoms with Gasteiger partial charge in [0.1, 0.15) is 0 Å². The topological polar surface area (TPSA) is 43.4 Å². The number of hydrogen-bond donors (Lipinski definition) is 0. The molecular weight excluding hydrogens is 296 g/mol. The fourth-order valence-corrected chi connectivity index (χ4v) is 2.71. The SMILES string of the molecule is CCCCOC(=O)c1ccccc1SC(=O)c1ccccc1. The van der Waals surface area contributed by atoms with Crippen molar-refractivity contribution in [3.8, 4) is 0 Å². The molecule has 0 heterocycles. The van der Waals surface area contributed by atoms with Crippen molar-refractivity contribution >= 4 is 22.8 Å². The van der Waals surface area contributed by atoms with Crippen molar-refractivity contribution in [2.24, 2.45) is 0 Å². The van der Waals surface area contributed by atoms with Crippen LogP contribution in [0.5, 0.6) is 0 Å². The van der Waals surface area contributed by atoms with Crippen molar-refractivity contribution in [1.82, 2.24) is 0 Å². The fraction of sp³-hybridized carbons (Fsp3) is 0.222. The smallest absolute Gasteiger partial charge is 0.339 e. The van der Waals surface area contributed by atoms with E-state index in [9.17, 15) is 9.59 Å². The molecule has 0 fully saturated rings. The molecule has 0 radical (unpaired) electrons. The molecule has 2 aromatic rings. The first kappa shape index (κ1) is 16.3. The van der Waals surface area contributed by atoms with Crippen LogP contribution in [0.4, 0.5) is 0 Å². The van der Waals surface area contributed by atoms with Crippen molar-refractivity contribution in [3.63, 3.8) is 0 Å². The fourth-order valence-electron chi connectivity index (χ4n) is 1.84. The van der Waals surface area contributed by atoms with Crippen molar-refractivity contribution in [3.05, 3.63) is 65.7 Å². The van der Waals surface area contributed by atoms with E-state index in [-0.39, 0.29) is 11.1 Å². The van der Waals surface area contributed by atoms with E-state index in [0.717, 1.165) is 24.6 Å². The van der Waals surface area contributed by atoms with E-state index >= 15 is 0 Å². The molecule has 0 spiro atoms. The summed E-state index contributed by atoms with van der Waals surface area (Å²) in [7, 11) is 0. The first-order valence-corrected chi connectivity index (χ1v) is 8.07. The zero-order chi connectivity index (χ0) is 15.8. The highest BCUT2D eigenvalue weighted by atomic mass is 32.2. The molecule has 2 rings (SSSR count). The summed E-state index contributed by atoms with van der Waals surface area (Å²) in [6, 6.07) is 16.1. The molecule has 0 aliphatic rings. The van der Waals surface area contributed by atoms with Gasteiger partial charge in [-0.1, -0.05) is 55.8 Å². The highest BCUT2D eigenvalue weighted by molar-refractivity contribution is 8.14. The average molecular weight is 314 g/mol. The third kappa shape index (κ3) is 4.46. The maximum atomic E-state index is 12.3. The van der Waals surface area contributed by atoms with E-state index < -0.39 is 0 Å². The average Bonchev–Trinajstić information content (AvgIpc) is 2.56. The van der Waals surface area contributed by atoms with Crippen LogP contribution in [-0.2, 0) is 4.74 Å². The summed E-state index contributed by atoms with van der Waals surface area (Å²) in [5.41, 5.74) is 1.05. The van der Waals surface area contributed by atoms with E-state index in [4.69, 9.17) is 4.74 Å². The van der Waals surface area contributed by atoms with Crippen LogP contribution in [-0.4, -0.2) is 17.7 Å². The van der Waals surface area contributed by atoms with Crippen molar-refractivity contribution in [1.29, 1.82) is 0 Å². The van der Waals surface area contributed by atoms with Gasteiger partial charge in [0.25, 0.3) is 0 Å². The van der Waals surface area contributed by atoms with Gasteiger partial charge >= 0.3 is 5.97 Å². The Kier molecular flexibility index (Phi) is 6.22. The zero-order valence-corrected chi connectivity index (χ0v) is 13.3. The molecule has 0 atom stereocenters. The van der Waals surface area contributed by atoms with Crippen LogP contribution in [0.1, 0.15) is 40.5 Å². The number of rotatable bonds is 6. The van der Waals surface area contributed by atoms with Gasteiger partial charge in [0.05, 0.1) is 12.2 Å². The molecule has 0 amide bonds. The lowest BCUT2D eigenvalue weighted by atomic mass is 10.2. The molecular formula is C18H18O3S. The van der Waals surface area contributed by atoms with Crippen LogP contribution >= 0.6 is 11.8 Å². The molecule has 0 aromatic heterocycles. The van der Waals surface area contributed by atoms with Gasteiger partial charge in [-0.15, -0.1) is 0 Å². The van der Waals surface area contributed by atoms with Crippen molar-refractivity contribution in [2.75, 3.05) is 6.61 Å². The molecule has 0 saturated heterocycles. The maximum absolute atomic E-state index is 12.3. The summed E-state index contributed by atoms with van der Waals surface area (Å²) in [5.74, 6) is -0.377. The van der Waals surface area contributed by atoms with Crippen LogP contribution in [0.3, 0.4) is 0 Å². The second-order valence-electron chi connectivity index (χ2n) is 4.74. The number of ether oxygens (including phenoxy) is 1. The summed E-state index contributed by atoms with van der Waals surface area (Å²) in [6.07, 6.45) is 1.81. The van der Waals surface area contributed by atoms with Crippen molar-refractivity contribution < 1.29 is 14.3 Å². The predicted molar refractivity (Wildman–Crippen MR) is 88.3 cm³/mol. The first-order chi connectivity index (χ1) is 10.7. The molecule has 0 unspecified atom stereocenters. The van der Waals surface area contributed by atoms with Crippen LogP contribution in [0.25, 0.3) is 0 Å². The van der Waals surface area contributed by atoms with Gasteiger partial charge in [0, 0.05) is 10.5 Å². The first-order valence-electron chi connectivity index (χ1n) is 7.25. The lowest BCUT2D eigenvalue weighted by Gasteiger charge is -2.08. The summed E-state index contributed by atoms with van der Waals surface area (Å²) in [4.78, 5) is 25.0. The summed E-state index contributed by atoms with van der Waals surface area (Å²) >= 11 is 1.05.